The highest BCUT2D eigenvalue weighted by molar-refractivity contribution is 5.86. The summed E-state index contributed by atoms with van der Waals surface area (Å²) in [5, 5.41) is 23.1. The number of esters is 1. The van der Waals surface area contributed by atoms with Crippen LogP contribution in [0.2, 0.25) is 0 Å². The summed E-state index contributed by atoms with van der Waals surface area (Å²) in [6.07, 6.45) is 21.7. The Morgan fingerprint density at radius 3 is 1.15 bits per heavy atom. The maximum Gasteiger partial charge on any atom is 0.333 e. The lowest BCUT2D eigenvalue weighted by Crippen LogP contribution is -2.05. The van der Waals surface area contributed by atoms with E-state index in [1.165, 1.54) is 103 Å². The lowest BCUT2D eigenvalue weighted by atomic mass is 10.0. The first kappa shape index (κ1) is 36.9. The SMILES string of the molecule is C=C(C)C(=O)O.C=C(C)C(=O)OCCCCCCCCCCCCCCCCCC.OCCO. The molecule has 0 aromatic rings. The highest BCUT2D eigenvalue weighted by Gasteiger charge is 2.01. The van der Waals surface area contributed by atoms with Crippen LogP contribution in [0.5, 0.6) is 0 Å². The molecule has 0 amide bonds. The van der Waals surface area contributed by atoms with E-state index in [9.17, 15) is 9.59 Å². The molecule has 0 atom stereocenters. The predicted octanol–water partition coefficient (Wildman–Crippen LogP) is 6.99. The lowest BCUT2D eigenvalue weighted by Gasteiger charge is -2.05. The van der Waals surface area contributed by atoms with Gasteiger partial charge < -0.3 is 20.1 Å². The number of rotatable bonds is 20. The molecule has 0 unspecified atom stereocenters. The number of aliphatic hydroxyl groups excluding tert-OH is 2. The fraction of sp³-hybridized carbons (Fsp3) is 0.786. The lowest BCUT2D eigenvalue weighted by molar-refractivity contribution is -0.139. The van der Waals surface area contributed by atoms with Crippen molar-refractivity contribution in [2.75, 3.05) is 19.8 Å². The molecule has 0 saturated carbocycles. The molecule has 6 heteroatoms. The van der Waals surface area contributed by atoms with E-state index in [4.69, 9.17) is 20.1 Å². The zero-order valence-electron chi connectivity index (χ0n) is 22.4. The summed E-state index contributed by atoms with van der Waals surface area (Å²) in [6.45, 7) is 12.4. The van der Waals surface area contributed by atoms with E-state index in [2.05, 4.69) is 20.1 Å². The van der Waals surface area contributed by atoms with Crippen molar-refractivity contribution >= 4 is 11.9 Å². The van der Waals surface area contributed by atoms with Crippen LogP contribution < -0.4 is 0 Å². The standard InChI is InChI=1S/C22H42O2.C4H6O2.C2H6O2/c1-4-5-6-7-8-9-10-11-12-13-14-15-16-17-18-19-20-24-22(23)21(2)3;1-3(2)4(5)6;3-1-2-4/h2,4-20H2,1,3H3;1H2,2H3,(H,5,6);3-4H,1-2H2. The summed E-state index contributed by atoms with van der Waals surface area (Å²) in [5.41, 5.74) is 0.668. The normalized spacial score (nSPS) is 9.79. The summed E-state index contributed by atoms with van der Waals surface area (Å²) < 4.78 is 5.08. The summed E-state index contributed by atoms with van der Waals surface area (Å²) >= 11 is 0. The van der Waals surface area contributed by atoms with Gasteiger partial charge in [-0.15, -0.1) is 0 Å². The Bertz CT molecular complexity index is 473. The van der Waals surface area contributed by atoms with Gasteiger partial charge in [-0.25, -0.2) is 9.59 Å². The number of carboxylic acids is 1. The minimum atomic E-state index is -0.935. The molecule has 0 aromatic heterocycles. The minimum absolute atomic E-state index is 0.125. The first-order valence-electron chi connectivity index (χ1n) is 13.2. The van der Waals surface area contributed by atoms with Crippen molar-refractivity contribution in [3.05, 3.63) is 24.3 Å². The molecule has 0 aliphatic carbocycles. The van der Waals surface area contributed by atoms with Gasteiger partial charge in [0.15, 0.2) is 0 Å². The monoisotopic (exact) mass is 486 g/mol. The fourth-order valence-electron chi connectivity index (χ4n) is 2.94. The maximum absolute atomic E-state index is 11.2. The summed E-state index contributed by atoms with van der Waals surface area (Å²) in [5.74, 6) is -1.19. The molecular weight excluding hydrogens is 432 g/mol. The first-order chi connectivity index (χ1) is 16.2. The average Bonchev–Trinajstić information content (AvgIpc) is 2.81. The van der Waals surface area contributed by atoms with Crippen molar-refractivity contribution in [3.63, 3.8) is 0 Å². The number of unbranched alkanes of at least 4 members (excludes halogenated alkanes) is 15. The van der Waals surface area contributed by atoms with E-state index < -0.39 is 5.97 Å². The Labute approximate surface area is 209 Å². The van der Waals surface area contributed by atoms with E-state index >= 15 is 0 Å². The van der Waals surface area contributed by atoms with Crippen molar-refractivity contribution in [2.24, 2.45) is 0 Å². The van der Waals surface area contributed by atoms with Crippen molar-refractivity contribution in [3.8, 4) is 0 Å². The van der Waals surface area contributed by atoms with E-state index in [1.807, 2.05) is 0 Å². The highest BCUT2D eigenvalue weighted by Crippen LogP contribution is 2.13. The van der Waals surface area contributed by atoms with E-state index in [1.54, 1.807) is 6.92 Å². The predicted molar refractivity (Wildman–Crippen MR) is 142 cm³/mol. The molecule has 34 heavy (non-hydrogen) atoms. The second kappa shape index (κ2) is 31.3. The van der Waals surface area contributed by atoms with Crippen LogP contribution in [-0.2, 0) is 14.3 Å². The van der Waals surface area contributed by atoms with Crippen LogP contribution in [0.3, 0.4) is 0 Å². The Kier molecular flexibility index (Phi) is 34.0. The third-order valence-electron chi connectivity index (χ3n) is 5.04. The first-order valence-corrected chi connectivity index (χ1v) is 13.2. The fourth-order valence-corrected chi connectivity index (χ4v) is 2.94. The number of ether oxygens (including phenoxy) is 1. The van der Waals surface area contributed by atoms with Crippen LogP contribution in [0, 0.1) is 0 Å². The topological polar surface area (TPSA) is 104 Å². The third-order valence-corrected chi connectivity index (χ3v) is 5.04. The molecule has 0 radical (unpaired) electrons. The van der Waals surface area contributed by atoms with E-state index in [-0.39, 0.29) is 24.8 Å². The van der Waals surface area contributed by atoms with Gasteiger partial charge in [0, 0.05) is 11.1 Å². The van der Waals surface area contributed by atoms with Crippen LogP contribution in [0.25, 0.3) is 0 Å². The minimum Gasteiger partial charge on any atom is -0.478 e. The van der Waals surface area contributed by atoms with Gasteiger partial charge in [0.05, 0.1) is 19.8 Å². The number of hydrogen-bond donors (Lipinski definition) is 3. The number of aliphatic carboxylic acids is 1. The molecule has 0 aliphatic heterocycles. The van der Waals surface area contributed by atoms with Crippen LogP contribution in [0.1, 0.15) is 124 Å². The average molecular weight is 487 g/mol. The van der Waals surface area contributed by atoms with Gasteiger partial charge in [-0.3, -0.25) is 0 Å². The number of hydrogen-bond acceptors (Lipinski definition) is 5. The molecule has 6 nitrogen and oxygen atoms in total. The molecule has 3 N–H and O–H groups in total. The van der Waals surface area contributed by atoms with Gasteiger partial charge in [-0.05, 0) is 20.3 Å². The zero-order valence-corrected chi connectivity index (χ0v) is 22.4. The smallest absolute Gasteiger partial charge is 0.333 e. The van der Waals surface area contributed by atoms with E-state index in [0.717, 1.165) is 6.42 Å². The van der Waals surface area contributed by atoms with Crippen LogP contribution in [0.4, 0.5) is 0 Å². The second-order valence-electron chi connectivity index (χ2n) is 8.75. The Morgan fingerprint density at radius 2 is 0.912 bits per heavy atom. The molecule has 0 aromatic carbocycles. The summed E-state index contributed by atoms with van der Waals surface area (Å²) in [4.78, 5) is 20.8. The molecular formula is C28H54O6. The molecule has 0 rings (SSSR count). The number of carbonyl (C=O) groups excluding carboxylic acids is 1. The molecule has 0 bridgehead atoms. The van der Waals surface area contributed by atoms with Crippen molar-refractivity contribution in [1.82, 2.24) is 0 Å². The quantitative estimate of drug-likeness (QED) is 0.0973. The molecule has 202 valence electrons. The Balaban J connectivity index is -0.000000799. The molecule has 0 saturated heterocycles. The Morgan fingerprint density at radius 1 is 0.618 bits per heavy atom. The zero-order chi connectivity index (χ0) is 26.5. The summed E-state index contributed by atoms with van der Waals surface area (Å²) in [6, 6.07) is 0. The van der Waals surface area contributed by atoms with Crippen molar-refractivity contribution in [1.29, 1.82) is 0 Å². The van der Waals surface area contributed by atoms with Gasteiger partial charge in [-0.1, -0.05) is 116 Å². The van der Waals surface area contributed by atoms with Gasteiger partial charge in [-0.2, -0.15) is 0 Å². The van der Waals surface area contributed by atoms with Gasteiger partial charge in [0.2, 0.25) is 0 Å². The van der Waals surface area contributed by atoms with Gasteiger partial charge >= 0.3 is 11.9 Å². The largest absolute Gasteiger partial charge is 0.478 e. The van der Waals surface area contributed by atoms with Crippen molar-refractivity contribution < 1.29 is 29.6 Å². The highest BCUT2D eigenvalue weighted by atomic mass is 16.5. The van der Waals surface area contributed by atoms with Crippen LogP contribution in [-0.4, -0.2) is 47.1 Å². The number of aliphatic hydroxyl groups is 2. The number of carboxylic acid groups (broad SMARTS) is 1. The van der Waals surface area contributed by atoms with Crippen molar-refractivity contribution in [2.45, 2.75) is 124 Å². The third kappa shape index (κ3) is 37.6. The molecule has 0 aliphatic rings. The molecule has 0 fully saturated rings. The molecule has 0 spiro atoms. The van der Waals surface area contributed by atoms with Crippen LogP contribution in [0.15, 0.2) is 24.3 Å². The van der Waals surface area contributed by atoms with Gasteiger partial charge in [0.1, 0.15) is 0 Å². The second-order valence-corrected chi connectivity index (χ2v) is 8.75. The molecule has 0 heterocycles. The van der Waals surface area contributed by atoms with Crippen LogP contribution >= 0.6 is 0 Å². The van der Waals surface area contributed by atoms with E-state index in [0.29, 0.717) is 12.2 Å². The maximum atomic E-state index is 11.2. The van der Waals surface area contributed by atoms with Gasteiger partial charge in [0.25, 0.3) is 0 Å². The Hall–Kier alpha value is -1.66. The number of carbonyl (C=O) groups is 2. The summed E-state index contributed by atoms with van der Waals surface area (Å²) in [7, 11) is 0.